The van der Waals surface area contributed by atoms with Crippen LogP contribution in [0.4, 0.5) is 0 Å². The molecule has 0 unspecified atom stereocenters. The Labute approximate surface area is 158 Å². The standard InChI is InChI=1S/C23H32O3/c1-7-9-23(22-11-10-20(8-2)15-19(22)6)21(14-18(5)16-24)12-13-25-26-17(3)4/h9-11,14-15,24H,3,5,7-8,12-13,16H2,1-2,4,6H3/b21-14-,23-9+. The van der Waals surface area contributed by atoms with Crippen molar-refractivity contribution in [3.63, 3.8) is 0 Å². The average molecular weight is 357 g/mol. The number of benzene rings is 1. The maximum atomic E-state index is 9.40. The fourth-order valence-electron chi connectivity index (χ4n) is 2.74. The van der Waals surface area contributed by atoms with E-state index in [0.29, 0.717) is 24.4 Å². The number of aliphatic hydroxyl groups is 1. The summed E-state index contributed by atoms with van der Waals surface area (Å²) >= 11 is 0. The fraction of sp³-hybridized carbons (Fsp3) is 0.391. The molecule has 0 radical (unpaired) electrons. The molecule has 0 atom stereocenters. The lowest BCUT2D eigenvalue weighted by Crippen LogP contribution is -2.02. The van der Waals surface area contributed by atoms with Crippen LogP contribution in [0, 0.1) is 6.92 Å². The highest BCUT2D eigenvalue weighted by atomic mass is 17.2. The van der Waals surface area contributed by atoms with E-state index in [4.69, 9.17) is 9.78 Å². The Hall–Kier alpha value is -2.10. The van der Waals surface area contributed by atoms with Gasteiger partial charge in [-0.1, -0.05) is 57.4 Å². The summed E-state index contributed by atoms with van der Waals surface area (Å²) in [5.41, 5.74) is 6.66. The number of hydrogen-bond donors (Lipinski definition) is 1. The van der Waals surface area contributed by atoms with Crippen molar-refractivity contribution in [2.75, 3.05) is 13.2 Å². The van der Waals surface area contributed by atoms with Crippen molar-refractivity contribution in [3.8, 4) is 0 Å². The molecule has 0 aliphatic carbocycles. The molecule has 0 bridgehead atoms. The average Bonchev–Trinajstić information content (AvgIpc) is 2.62. The van der Waals surface area contributed by atoms with E-state index in [2.05, 4.69) is 58.2 Å². The van der Waals surface area contributed by atoms with Crippen LogP contribution in [-0.4, -0.2) is 18.3 Å². The second kappa shape index (κ2) is 11.5. The minimum Gasteiger partial charge on any atom is -0.392 e. The van der Waals surface area contributed by atoms with Crippen molar-refractivity contribution in [2.24, 2.45) is 0 Å². The van der Waals surface area contributed by atoms with Crippen LogP contribution < -0.4 is 0 Å². The van der Waals surface area contributed by atoms with Gasteiger partial charge in [-0.15, -0.1) is 0 Å². The summed E-state index contributed by atoms with van der Waals surface area (Å²) in [6.45, 7) is 16.0. The first kappa shape index (κ1) is 21.9. The van der Waals surface area contributed by atoms with Gasteiger partial charge in [0.25, 0.3) is 0 Å². The molecule has 0 aromatic heterocycles. The molecule has 0 fully saturated rings. The molecule has 0 aliphatic heterocycles. The number of hydrogen-bond acceptors (Lipinski definition) is 3. The smallest absolute Gasteiger partial charge is 0.132 e. The molecule has 0 heterocycles. The first-order valence-electron chi connectivity index (χ1n) is 9.17. The predicted octanol–water partition coefficient (Wildman–Crippen LogP) is 5.70. The number of allylic oxidation sites excluding steroid dienone is 3. The Kier molecular flexibility index (Phi) is 9.71. The third-order valence-corrected chi connectivity index (χ3v) is 3.98. The maximum Gasteiger partial charge on any atom is 0.132 e. The van der Waals surface area contributed by atoms with E-state index in [1.807, 2.05) is 6.08 Å². The molecule has 0 saturated heterocycles. The fourth-order valence-corrected chi connectivity index (χ4v) is 2.74. The van der Waals surface area contributed by atoms with Crippen LogP contribution in [0.25, 0.3) is 5.57 Å². The van der Waals surface area contributed by atoms with Crippen molar-refractivity contribution < 1.29 is 14.9 Å². The summed E-state index contributed by atoms with van der Waals surface area (Å²) in [4.78, 5) is 10.2. The first-order valence-corrected chi connectivity index (χ1v) is 9.17. The molecule has 3 heteroatoms. The van der Waals surface area contributed by atoms with E-state index >= 15 is 0 Å². The zero-order chi connectivity index (χ0) is 19.5. The monoisotopic (exact) mass is 356 g/mol. The van der Waals surface area contributed by atoms with E-state index < -0.39 is 0 Å². The molecule has 1 rings (SSSR count). The van der Waals surface area contributed by atoms with E-state index in [0.717, 1.165) is 24.0 Å². The molecule has 0 aliphatic rings. The van der Waals surface area contributed by atoms with Crippen LogP contribution in [0.2, 0.25) is 0 Å². The largest absolute Gasteiger partial charge is 0.392 e. The van der Waals surface area contributed by atoms with Crippen LogP contribution in [0.3, 0.4) is 0 Å². The van der Waals surface area contributed by atoms with Crippen LogP contribution in [0.1, 0.15) is 50.3 Å². The zero-order valence-corrected chi connectivity index (χ0v) is 16.6. The Balaban J connectivity index is 3.19. The second-order valence-electron chi connectivity index (χ2n) is 6.37. The van der Waals surface area contributed by atoms with Gasteiger partial charge in [0.2, 0.25) is 0 Å². The number of aliphatic hydroxyl groups excluding tert-OH is 1. The molecule has 1 aromatic rings. The Morgan fingerprint density at radius 3 is 2.50 bits per heavy atom. The van der Waals surface area contributed by atoms with Crippen molar-refractivity contribution in [2.45, 2.75) is 47.0 Å². The van der Waals surface area contributed by atoms with Gasteiger partial charge < -0.3 is 9.99 Å². The molecule has 1 N–H and O–H groups in total. The Bertz CT molecular complexity index is 681. The molecule has 26 heavy (non-hydrogen) atoms. The van der Waals surface area contributed by atoms with Gasteiger partial charge in [0.05, 0.1) is 13.2 Å². The van der Waals surface area contributed by atoms with Crippen molar-refractivity contribution in [1.82, 2.24) is 0 Å². The normalized spacial score (nSPS) is 12.2. The van der Waals surface area contributed by atoms with Crippen LogP contribution in [0.15, 0.2) is 60.4 Å². The number of aryl methyl sites for hydroxylation is 2. The molecule has 0 spiro atoms. The highest BCUT2D eigenvalue weighted by Gasteiger charge is 2.12. The summed E-state index contributed by atoms with van der Waals surface area (Å²) in [5.74, 6) is 0.519. The summed E-state index contributed by atoms with van der Waals surface area (Å²) < 4.78 is 0. The topological polar surface area (TPSA) is 38.7 Å². The number of rotatable bonds is 11. The molecule has 3 nitrogen and oxygen atoms in total. The summed E-state index contributed by atoms with van der Waals surface area (Å²) in [6, 6.07) is 6.58. The molecule has 0 amide bonds. The molecule has 142 valence electrons. The summed E-state index contributed by atoms with van der Waals surface area (Å²) in [6.07, 6.45) is 6.73. The second-order valence-corrected chi connectivity index (χ2v) is 6.37. The zero-order valence-electron chi connectivity index (χ0n) is 16.6. The highest BCUT2D eigenvalue weighted by molar-refractivity contribution is 5.81. The van der Waals surface area contributed by atoms with Gasteiger partial charge in [-0.2, -0.15) is 4.89 Å². The Morgan fingerprint density at radius 1 is 1.23 bits per heavy atom. The summed E-state index contributed by atoms with van der Waals surface area (Å²) in [5, 5.41) is 9.40. The lowest BCUT2D eigenvalue weighted by molar-refractivity contribution is -0.259. The van der Waals surface area contributed by atoms with Crippen molar-refractivity contribution >= 4 is 5.57 Å². The molecular formula is C23H32O3. The predicted molar refractivity (Wildman–Crippen MR) is 110 cm³/mol. The van der Waals surface area contributed by atoms with Gasteiger partial charge in [-0.3, -0.25) is 0 Å². The van der Waals surface area contributed by atoms with E-state index in [1.54, 1.807) is 6.92 Å². The van der Waals surface area contributed by atoms with Crippen molar-refractivity contribution in [3.05, 3.63) is 77.1 Å². The van der Waals surface area contributed by atoms with Gasteiger partial charge in [0, 0.05) is 6.42 Å². The highest BCUT2D eigenvalue weighted by Crippen LogP contribution is 2.30. The molecule has 1 aromatic carbocycles. The van der Waals surface area contributed by atoms with E-state index in [9.17, 15) is 5.11 Å². The minimum atomic E-state index is -0.0697. The van der Waals surface area contributed by atoms with Gasteiger partial charge in [-0.25, -0.2) is 0 Å². The molecule has 0 saturated carbocycles. The SMILES string of the molecule is C=C(/C=C(CCOOC(=C)C)\C(=C/CC)c1ccc(CC)cc1C)CO. The van der Waals surface area contributed by atoms with Gasteiger partial charge >= 0.3 is 0 Å². The minimum absolute atomic E-state index is 0.0697. The van der Waals surface area contributed by atoms with E-state index in [1.165, 1.54) is 16.7 Å². The van der Waals surface area contributed by atoms with Crippen LogP contribution in [-0.2, 0) is 16.2 Å². The Morgan fingerprint density at radius 2 is 1.96 bits per heavy atom. The van der Waals surface area contributed by atoms with Crippen LogP contribution >= 0.6 is 0 Å². The maximum absolute atomic E-state index is 9.40. The van der Waals surface area contributed by atoms with Crippen molar-refractivity contribution in [1.29, 1.82) is 0 Å². The molecular weight excluding hydrogens is 324 g/mol. The van der Waals surface area contributed by atoms with Crippen LogP contribution in [0.5, 0.6) is 0 Å². The van der Waals surface area contributed by atoms with Gasteiger partial charge in [0.1, 0.15) is 5.76 Å². The first-order chi connectivity index (χ1) is 12.4. The van der Waals surface area contributed by atoms with E-state index in [-0.39, 0.29) is 6.61 Å². The summed E-state index contributed by atoms with van der Waals surface area (Å²) in [7, 11) is 0. The lowest BCUT2D eigenvalue weighted by atomic mass is 9.89. The third kappa shape index (κ3) is 7.03. The quantitative estimate of drug-likeness (QED) is 0.182. The third-order valence-electron chi connectivity index (χ3n) is 3.98. The lowest BCUT2D eigenvalue weighted by Gasteiger charge is -2.17. The van der Waals surface area contributed by atoms with Gasteiger partial charge in [-0.05, 0) is 60.1 Å². The van der Waals surface area contributed by atoms with Gasteiger partial charge in [0.15, 0.2) is 0 Å².